The van der Waals surface area contributed by atoms with Crippen molar-refractivity contribution >= 4 is 22.9 Å². The molecule has 1 saturated heterocycles. The number of rotatable bonds is 7. The highest BCUT2D eigenvalue weighted by molar-refractivity contribution is 6.74. The van der Waals surface area contributed by atoms with Gasteiger partial charge in [0.05, 0.1) is 18.4 Å². The summed E-state index contributed by atoms with van der Waals surface area (Å²) in [6.45, 7) is 22.1. The molecule has 1 fully saturated rings. The lowest BCUT2D eigenvalue weighted by Crippen LogP contribution is -2.48. The van der Waals surface area contributed by atoms with Crippen molar-refractivity contribution in [2.45, 2.75) is 103 Å². The third-order valence-electron chi connectivity index (χ3n) is 7.26. The molecule has 1 aliphatic rings. The lowest BCUT2D eigenvalue weighted by molar-refractivity contribution is -0.0416. The summed E-state index contributed by atoms with van der Waals surface area (Å²) in [6.07, 6.45) is -0.499. The maximum atomic E-state index is 12.5. The number of H-pyrrole nitrogens is 1. The van der Waals surface area contributed by atoms with Crippen LogP contribution in [0.15, 0.2) is 15.7 Å². The van der Waals surface area contributed by atoms with E-state index in [-0.39, 0.29) is 28.0 Å². The Morgan fingerprint density at radius 2 is 1.66 bits per heavy atom. The molecule has 0 aromatic carbocycles. The van der Waals surface area contributed by atoms with E-state index in [4.69, 9.17) is 13.6 Å². The molecule has 2 rings (SSSR count). The summed E-state index contributed by atoms with van der Waals surface area (Å²) >= 11 is 0. The predicted molar refractivity (Wildman–Crippen MR) is 130 cm³/mol. The molecule has 0 amide bonds. The number of aromatic nitrogens is 2. The van der Waals surface area contributed by atoms with Gasteiger partial charge >= 0.3 is 5.69 Å². The van der Waals surface area contributed by atoms with Crippen LogP contribution < -0.4 is 11.2 Å². The normalized spacial score (nSPS) is 22.9. The third kappa shape index (κ3) is 5.77. The zero-order valence-electron chi connectivity index (χ0n) is 21.2. The molecular weight excluding hydrogens is 444 g/mol. The summed E-state index contributed by atoms with van der Waals surface area (Å²) in [4.78, 5) is 38.0. The molecule has 0 bridgehead atoms. The summed E-state index contributed by atoms with van der Waals surface area (Å²) < 4.78 is 20.6. The molecule has 0 unspecified atom stereocenters. The minimum atomic E-state index is -2.14. The number of hydrogen-bond donors (Lipinski definition) is 1. The summed E-state index contributed by atoms with van der Waals surface area (Å²) in [5, 5.41) is 0.0417. The highest BCUT2D eigenvalue weighted by Crippen LogP contribution is 2.42. The largest absolute Gasteiger partial charge is 0.414 e. The number of nitrogens with one attached hydrogen (secondary N) is 1. The molecule has 3 atom stereocenters. The van der Waals surface area contributed by atoms with Crippen LogP contribution in [-0.4, -0.2) is 51.3 Å². The van der Waals surface area contributed by atoms with E-state index < -0.39 is 34.1 Å². The van der Waals surface area contributed by atoms with E-state index >= 15 is 0 Å². The SMILES string of the molecule is CC(C)(C)[Si](C)(C)OC[C@H]1O[C@@H](n2c(C=O)cc(=O)[nH]c2=O)C[C@@H]1O[Si](C)(C)C(C)(C)C. The van der Waals surface area contributed by atoms with Gasteiger partial charge in [-0.1, -0.05) is 41.5 Å². The molecule has 1 aliphatic heterocycles. The Hall–Kier alpha value is -1.34. The molecule has 182 valence electrons. The monoisotopic (exact) mass is 484 g/mol. The van der Waals surface area contributed by atoms with Crippen molar-refractivity contribution < 1.29 is 18.4 Å². The van der Waals surface area contributed by atoms with Crippen molar-refractivity contribution in [3.05, 3.63) is 32.6 Å². The first-order chi connectivity index (χ1) is 14.4. The van der Waals surface area contributed by atoms with Crippen LogP contribution in [0.2, 0.25) is 36.3 Å². The molecule has 10 heteroatoms. The molecule has 0 saturated carbocycles. The second-order valence-electron chi connectivity index (χ2n) is 11.7. The predicted octanol–water partition coefficient (Wildman–Crippen LogP) is 4.05. The molecule has 1 aromatic rings. The second-order valence-corrected chi connectivity index (χ2v) is 21.3. The zero-order chi connectivity index (χ0) is 24.7. The molecule has 1 aromatic heterocycles. The first-order valence-corrected chi connectivity index (χ1v) is 17.0. The Bertz CT molecular complexity index is 939. The van der Waals surface area contributed by atoms with Gasteiger partial charge in [-0.25, -0.2) is 4.79 Å². The number of aromatic amines is 1. The Labute approximate surface area is 192 Å². The standard InChI is InChI=1S/C22H40N2O6Si2/c1-21(2,3)31(7,8)28-14-17-16(30-32(9,10)22(4,5)6)12-19(29-17)24-15(13-25)11-18(26)23-20(24)27/h11,13,16-17,19H,12,14H2,1-10H3,(H,23,26,27)/t16-,17+,19+/m0/s1. The Morgan fingerprint density at radius 3 is 2.16 bits per heavy atom. The summed E-state index contributed by atoms with van der Waals surface area (Å²) in [6, 6.07) is 1.11. The smallest absolute Gasteiger partial charge is 0.331 e. The van der Waals surface area contributed by atoms with Gasteiger partial charge in [-0.3, -0.25) is 19.1 Å². The van der Waals surface area contributed by atoms with Crippen LogP contribution in [0, 0.1) is 0 Å². The second kappa shape index (κ2) is 9.13. The lowest BCUT2D eigenvalue weighted by atomic mass is 10.2. The van der Waals surface area contributed by atoms with Crippen molar-refractivity contribution in [1.82, 2.24) is 9.55 Å². The van der Waals surface area contributed by atoms with E-state index in [1.54, 1.807) is 0 Å². The number of hydrogen-bond acceptors (Lipinski definition) is 6. The van der Waals surface area contributed by atoms with Gasteiger partial charge in [0.25, 0.3) is 5.56 Å². The van der Waals surface area contributed by atoms with Crippen LogP contribution >= 0.6 is 0 Å². The van der Waals surface area contributed by atoms with Crippen molar-refractivity contribution in [1.29, 1.82) is 0 Å². The van der Waals surface area contributed by atoms with Gasteiger partial charge in [0.2, 0.25) is 0 Å². The summed E-state index contributed by atoms with van der Waals surface area (Å²) in [5.41, 5.74) is -1.29. The maximum absolute atomic E-state index is 12.5. The molecule has 0 spiro atoms. The first kappa shape index (κ1) is 26.9. The topological polar surface area (TPSA) is 99.6 Å². The molecule has 0 aliphatic carbocycles. The van der Waals surface area contributed by atoms with Crippen LogP contribution in [0.3, 0.4) is 0 Å². The Balaban J connectivity index is 2.38. The molecule has 1 N–H and O–H groups in total. The van der Waals surface area contributed by atoms with Gasteiger partial charge in [0.15, 0.2) is 22.9 Å². The van der Waals surface area contributed by atoms with E-state index in [1.165, 1.54) is 4.57 Å². The quantitative estimate of drug-likeness (QED) is 0.463. The van der Waals surface area contributed by atoms with E-state index in [1.807, 2.05) is 0 Å². The summed E-state index contributed by atoms with van der Waals surface area (Å²) in [7, 11) is -4.17. The zero-order valence-corrected chi connectivity index (χ0v) is 23.2. The number of ether oxygens (including phenoxy) is 1. The maximum Gasteiger partial charge on any atom is 0.331 e. The van der Waals surface area contributed by atoms with Gasteiger partial charge < -0.3 is 13.6 Å². The van der Waals surface area contributed by atoms with Crippen LogP contribution in [0.25, 0.3) is 0 Å². The number of aldehydes is 1. The molecule has 8 nitrogen and oxygen atoms in total. The fourth-order valence-corrected chi connectivity index (χ4v) is 5.48. The number of carbonyl (C=O) groups excluding carboxylic acids is 1. The van der Waals surface area contributed by atoms with E-state index in [0.29, 0.717) is 19.3 Å². The lowest BCUT2D eigenvalue weighted by Gasteiger charge is -2.40. The van der Waals surface area contributed by atoms with Gasteiger partial charge in [0, 0.05) is 12.5 Å². The fraction of sp³-hybridized carbons (Fsp3) is 0.773. The average molecular weight is 485 g/mol. The van der Waals surface area contributed by atoms with Crippen LogP contribution in [0.5, 0.6) is 0 Å². The highest BCUT2D eigenvalue weighted by atomic mass is 28.4. The van der Waals surface area contributed by atoms with Gasteiger partial charge in [0.1, 0.15) is 12.3 Å². The van der Waals surface area contributed by atoms with Crippen molar-refractivity contribution in [3.63, 3.8) is 0 Å². The summed E-state index contributed by atoms with van der Waals surface area (Å²) in [5.74, 6) is 0. The highest BCUT2D eigenvalue weighted by Gasteiger charge is 2.47. The van der Waals surface area contributed by atoms with E-state index in [9.17, 15) is 14.4 Å². The van der Waals surface area contributed by atoms with E-state index in [2.05, 4.69) is 72.7 Å². The van der Waals surface area contributed by atoms with Gasteiger partial charge in [-0.2, -0.15) is 0 Å². The first-order valence-electron chi connectivity index (χ1n) is 11.2. The molecule has 2 heterocycles. The van der Waals surface area contributed by atoms with Gasteiger partial charge in [-0.05, 0) is 36.3 Å². The van der Waals surface area contributed by atoms with Crippen molar-refractivity contribution in [2.75, 3.05) is 6.61 Å². The van der Waals surface area contributed by atoms with Crippen molar-refractivity contribution in [2.24, 2.45) is 0 Å². The number of carbonyl (C=O) groups is 1. The van der Waals surface area contributed by atoms with E-state index in [0.717, 1.165) is 6.07 Å². The average Bonchev–Trinajstić information content (AvgIpc) is 2.98. The van der Waals surface area contributed by atoms with Crippen LogP contribution in [0.4, 0.5) is 0 Å². The fourth-order valence-electron chi connectivity index (χ4n) is 3.11. The molecular formula is C22H40N2O6Si2. The molecule has 0 radical (unpaired) electrons. The third-order valence-corrected chi connectivity index (χ3v) is 16.3. The van der Waals surface area contributed by atoms with Crippen molar-refractivity contribution in [3.8, 4) is 0 Å². The number of nitrogens with zero attached hydrogens (tertiary/aromatic N) is 1. The van der Waals surface area contributed by atoms with Gasteiger partial charge in [-0.15, -0.1) is 0 Å². The Morgan fingerprint density at radius 1 is 1.09 bits per heavy atom. The minimum absolute atomic E-state index is 0.00129. The van der Waals surface area contributed by atoms with Crippen LogP contribution in [-0.2, 0) is 13.6 Å². The Kier molecular flexibility index (Phi) is 7.68. The minimum Gasteiger partial charge on any atom is -0.414 e. The molecule has 32 heavy (non-hydrogen) atoms. The van der Waals surface area contributed by atoms with Crippen LogP contribution in [0.1, 0.15) is 64.7 Å².